The van der Waals surface area contributed by atoms with Crippen molar-refractivity contribution in [2.75, 3.05) is 18.5 Å². The molecular formula is C19H19N3O5S. The zero-order valence-electron chi connectivity index (χ0n) is 15.6. The van der Waals surface area contributed by atoms with Crippen LogP contribution >= 0.6 is 11.3 Å². The lowest BCUT2D eigenvalue weighted by Gasteiger charge is -2.07. The largest absolute Gasteiger partial charge is 0.462 e. The molecule has 3 rings (SSSR count). The molecule has 0 fully saturated rings. The quantitative estimate of drug-likeness (QED) is 0.614. The number of amides is 1. The number of hydrogen-bond donors (Lipinski definition) is 2. The van der Waals surface area contributed by atoms with E-state index in [4.69, 9.17) is 9.47 Å². The predicted molar refractivity (Wildman–Crippen MR) is 105 cm³/mol. The second kappa shape index (κ2) is 8.22. The number of nitrogens with one attached hydrogen (secondary N) is 2. The number of carbonyl (C=O) groups excluding carboxylic acids is 3. The Kier molecular flexibility index (Phi) is 5.74. The molecule has 2 heterocycles. The number of ether oxygens (including phenoxy) is 2. The van der Waals surface area contributed by atoms with Crippen molar-refractivity contribution in [3.05, 3.63) is 46.0 Å². The van der Waals surface area contributed by atoms with Gasteiger partial charge in [0.1, 0.15) is 5.00 Å². The standard InChI is InChI=1S/C19H19N3O5S/c1-4-26-18(24)15-10(2)11(3)28-17(15)20-14(23)9-27-19(25)16-12-7-5-6-8-13(12)21-22-16/h5-8H,4,9H2,1-3H3,(H,20,23)(H,21,22). The molecule has 0 saturated heterocycles. The lowest BCUT2D eigenvalue weighted by Crippen LogP contribution is -2.22. The Morgan fingerprint density at radius 1 is 1.14 bits per heavy atom. The van der Waals surface area contributed by atoms with Crippen LogP contribution in [0.1, 0.15) is 38.2 Å². The van der Waals surface area contributed by atoms with Gasteiger partial charge in [-0.05, 0) is 32.4 Å². The monoisotopic (exact) mass is 401 g/mol. The van der Waals surface area contributed by atoms with Crippen molar-refractivity contribution in [2.45, 2.75) is 20.8 Å². The van der Waals surface area contributed by atoms with Crippen LogP contribution in [0.25, 0.3) is 10.9 Å². The van der Waals surface area contributed by atoms with Crippen molar-refractivity contribution in [1.29, 1.82) is 0 Å². The molecule has 2 aromatic heterocycles. The fourth-order valence-electron chi connectivity index (χ4n) is 2.65. The van der Waals surface area contributed by atoms with Gasteiger partial charge in [-0.3, -0.25) is 9.89 Å². The van der Waals surface area contributed by atoms with Crippen molar-refractivity contribution >= 4 is 45.1 Å². The summed E-state index contributed by atoms with van der Waals surface area (Å²) in [5, 5.41) is 10.3. The number of para-hydroxylation sites is 1. The maximum atomic E-state index is 12.2. The molecule has 3 aromatic rings. The number of benzene rings is 1. The zero-order chi connectivity index (χ0) is 20.3. The zero-order valence-corrected chi connectivity index (χ0v) is 16.4. The fraction of sp³-hybridized carbons (Fsp3) is 0.263. The lowest BCUT2D eigenvalue weighted by atomic mass is 10.1. The SMILES string of the molecule is CCOC(=O)c1c(NC(=O)COC(=O)c2n[nH]c3ccccc23)sc(C)c1C. The number of aromatic nitrogens is 2. The van der Waals surface area contributed by atoms with E-state index in [1.54, 1.807) is 32.0 Å². The highest BCUT2D eigenvalue weighted by Crippen LogP contribution is 2.33. The van der Waals surface area contributed by atoms with Crippen LogP contribution < -0.4 is 5.32 Å². The highest BCUT2D eigenvalue weighted by molar-refractivity contribution is 7.16. The third kappa shape index (κ3) is 3.89. The van der Waals surface area contributed by atoms with Crippen molar-refractivity contribution in [3.63, 3.8) is 0 Å². The molecule has 0 aliphatic carbocycles. The number of anilines is 1. The maximum absolute atomic E-state index is 12.2. The van der Waals surface area contributed by atoms with Gasteiger partial charge in [0.25, 0.3) is 5.91 Å². The minimum atomic E-state index is -0.711. The maximum Gasteiger partial charge on any atom is 0.359 e. The molecule has 1 amide bonds. The van der Waals surface area contributed by atoms with Crippen LogP contribution in [0.5, 0.6) is 0 Å². The summed E-state index contributed by atoms with van der Waals surface area (Å²) in [7, 11) is 0. The van der Waals surface area contributed by atoms with E-state index in [0.717, 1.165) is 10.4 Å². The molecule has 0 unspecified atom stereocenters. The molecule has 28 heavy (non-hydrogen) atoms. The number of hydrogen-bond acceptors (Lipinski definition) is 7. The second-order valence-electron chi connectivity index (χ2n) is 5.95. The van der Waals surface area contributed by atoms with Crippen molar-refractivity contribution in [3.8, 4) is 0 Å². The van der Waals surface area contributed by atoms with E-state index in [2.05, 4.69) is 15.5 Å². The third-order valence-electron chi connectivity index (χ3n) is 4.12. The van der Waals surface area contributed by atoms with E-state index in [1.807, 2.05) is 13.0 Å². The van der Waals surface area contributed by atoms with Crippen LogP contribution in [0.4, 0.5) is 5.00 Å². The Bertz CT molecular complexity index is 1050. The summed E-state index contributed by atoms with van der Waals surface area (Å²) in [4.78, 5) is 37.5. The molecule has 0 aliphatic rings. The Balaban J connectivity index is 1.67. The van der Waals surface area contributed by atoms with Gasteiger partial charge in [0.05, 0.1) is 17.7 Å². The number of rotatable bonds is 6. The van der Waals surface area contributed by atoms with Gasteiger partial charge in [0.15, 0.2) is 12.3 Å². The van der Waals surface area contributed by atoms with Gasteiger partial charge in [-0.2, -0.15) is 5.10 Å². The summed E-state index contributed by atoms with van der Waals surface area (Å²) in [6.07, 6.45) is 0. The summed E-state index contributed by atoms with van der Waals surface area (Å²) in [6.45, 7) is 5.08. The summed E-state index contributed by atoms with van der Waals surface area (Å²) in [5.74, 6) is -1.77. The van der Waals surface area contributed by atoms with Crippen molar-refractivity contribution in [1.82, 2.24) is 10.2 Å². The number of thiophene rings is 1. The van der Waals surface area contributed by atoms with Crippen molar-refractivity contribution < 1.29 is 23.9 Å². The van der Waals surface area contributed by atoms with Gasteiger partial charge in [-0.25, -0.2) is 9.59 Å². The number of fused-ring (bicyclic) bond motifs is 1. The third-order valence-corrected chi connectivity index (χ3v) is 5.24. The smallest absolute Gasteiger partial charge is 0.359 e. The summed E-state index contributed by atoms with van der Waals surface area (Å²) in [5.41, 5.74) is 1.88. The summed E-state index contributed by atoms with van der Waals surface area (Å²) < 4.78 is 10.1. The Morgan fingerprint density at radius 3 is 2.64 bits per heavy atom. The van der Waals surface area contributed by atoms with E-state index in [1.165, 1.54) is 11.3 Å². The molecule has 0 saturated carbocycles. The van der Waals surface area contributed by atoms with Gasteiger partial charge in [0, 0.05) is 10.3 Å². The molecular weight excluding hydrogens is 382 g/mol. The van der Waals surface area contributed by atoms with E-state index in [0.29, 0.717) is 21.5 Å². The molecule has 8 nitrogen and oxygen atoms in total. The molecule has 1 aromatic carbocycles. The van der Waals surface area contributed by atoms with Gasteiger partial charge in [0.2, 0.25) is 0 Å². The van der Waals surface area contributed by atoms with Crippen molar-refractivity contribution in [2.24, 2.45) is 0 Å². The van der Waals surface area contributed by atoms with E-state index < -0.39 is 24.5 Å². The normalized spacial score (nSPS) is 10.7. The Hall–Kier alpha value is -3.20. The molecule has 0 aliphatic heterocycles. The predicted octanol–water partition coefficient (Wildman–Crippen LogP) is 3.21. The van der Waals surface area contributed by atoms with Gasteiger partial charge >= 0.3 is 11.9 Å². The second-order valence-corrected chi connectivity index (χ2v) is 7.17. The number of esters is 2. The average molecular weight is 401 g/mol. The van der Waals surface area contributed by atoms with E-state index >= 15 is 0 Å². The molecule has 0 bridgehead atoms. The highest BCUT2D eigenvalue weighted by atomic mass is 32.1. The number of aryl methyl sites for hydroxylation is 1. The number of H-pyrrole nitrogens is 1. The first-order valence-corrected chi connectivity index (χ1v) is 9.41. The van der Waals surface area contributed by atoms with Crippen LogP contribution in [-0.2, 0) is 14.3 Å². The van der Waals surface area contributed by atoms with Gasteiger partial charge in [-0.15, -0.1) is 11.3 Å². The van der Waals surface area contributed by atoms with Crippen LogP contribution in [0, 0.1) is 13.8 Å². The van der Waals surface area contributed by atoms with Gasteiger partial charge in [-0.1, -0.05) is 18.2 Å². The number of nitrogens with zero attached hydrogens (tertiary/aromatic N) is 1. The average Bonchev–Trinajstić information content (AvgIpc) is 3.21. The first kappa shape index (κ1) is 19.6. The minimum Gasteiger partial charge on any atom is -0.462 e. The van der Waals surface area contributed by atoms with E-state index in [9.17, 15) is 14.4 Å². The summed E-state index contributed by atoms with van der Waals surface area (Å²) in [6, 6.07) is 7.11. The molecule has 0 radical (unpaired) electrons. The fourth-order valence-corrected chi connectivity index (χ4v) is 3.71. The first-order valence-electron chi connectivity index (χ1n) is 8.59. The van der Waals surface area contributed by atoms with E-state index in [-0.39, 0.29) is 12.3 Å². The Morgan fingerprint density at radius 2 is 1.89 bits per heavy atom. The van der Waals surface area contributed by atoms with Crippen LogP contribution in [0.2, 0.25) is 0 Å². The molecule has 0 atom stereocenters. The molecule has 2 N–H and O–H groups in total. The Labute approximate surface area is 164 Å². The lowest BCUT2D eigenvalue weighted by molar-refractivity contribution is -0.119. The van der Waals surface area contributed by atoms with Crippen LogP contribution in [-0.4, -0.2) is 41.3 Å². The molecule has 9 heteroatoms. The topological polar surface area (TPSA) is 110 Å². The van der Waals surface area contributed by atoms with Crippen LogP contribution in [0.3, 0.4) is 0 Å². The highest BCUT2D eigenvalue weighted by Gasteiger charge is 2.23. The number of aromatic amines is 1. The summed E-state index contributed by atoms with van der Waals surface area (Å²) >= 11 is 1.27. The van der Waals surface area contributed by atoms with Gasteiger partial charge < -0.3 is 14.8 Å². The minimum absolute atomic E-state index is 0.110. The number of carbonyl (C=O) groups is 3. The van der Waals surface area contributed by atoms with Crippen LogP contribution in [0.15, 0.2) is 24.3 Å². The first-order chi connectivity index (χ1) is 13.4. The molecule has 146 valence electrons. The molecule has 0 spiro atoms.